The van der Waals surface area contributed by atoms with Crippen LogP contribution in [0.2, 0.25) is 0 Å². The summed E-state index contributed by atoms with van der Waals surface area (Å²) in [6, 6.07) is 5.95. The summed E-state index contributed by atoms with van der Waals surface area (Å²) in [7, 11) is 0. The van der Waals surface area contributed by atoms with Gasteiger partial charge in [0.2, 0.25) is 0 Å². The van der Waals surface area contributed by atoms with E-state index in [4.69, 9.17) is 0 Å². The lowest BCUT2D eigenvalue weighted by molar-refractivity contribution is -0.148. The van der Waals surface area contributed by atoms with Crippen LogP contribution >= 0.6 is 11.5 Å². The summed E-state index contributed by atoms with van der Waals surface area (Å²) in [4.78, 5) is 35.4. The highest BCUT2D eigenvalue weighted by molar-refractivity contribution is 7.10. The van der Waals surface area contributed by atoms with Crippen LogP contribution in [0.5, 0.6) is 0 Å². The van der Waals surface area contributed by atoms with E-state index in [9.17, 15) is 35.9 Å². The summed E-state index contributed by atoms with van der Waals surface area (Å²) in [5, 5.41) is 5.47. The standard InChI is InChI=1S/C23H21F6N7O2S/c1-13-18(20(39-34-13)33-17-11-30-10-16(32-17)23(27,28)29)19(37)31-15-4-2-14(3-5-15)21(38)36-8-6-35(7-9-36)12-22(24,25)26/h2-5,10-11H,6-9,12H2,1H3,(H,31,37)(H,32,33). The molecule has 16 heteroatoms. The number of carbonyl (C=O) groups is 2. The number of rotatable bonds is 6. The monoisotopic (exact) mass is 573 g/mol. The van der Waals surface area contributed by atoms with Gasteiger partial charge in [0, 0.05) is 37.4 Å². The van der Waals surface area contributed by atoms with E-state index in [1.165, 1.54) is 34.1 Å². The van der Waals surface area contributed by atoms with Gasteiger partial charge in [-0.1, -0.05) is 0 Å². The lowest BCUT2D eigenvalue weighted by Crippen LogP contribution is -2.50. The Balaban J connectivity index is 1.39. The number of hydrogen-bond donors (Lipinski definition) is 2. The van der Waals surface area contributed by atoms with Crippen molar-refractivity contribution in [2.75, 3.05) is 43.4 Å². The number of nitrogens with zero attached hydrogens (tertiary/aromatic N) is 5. The fraction of sp³-hybridized carbons (Fsp3) is 0.348. The fourth-order valence-corrected chi connectivity index (χ4v) is 4.64. The van der Waals surface area contributed by atoms with Crippen LogP contribution in [0.25, 0.3) is 0 Å². The van der Waals surface area contributed by atoms with Crippen molar-refractivity contribution in [3.8, 4) is 0 Å². The lowest BCUT2D eigenvalue weighted by atomic mass is 10.1. The minimum Gasteiger partial charge on any atom is -0.336 e. The van der Waals surface area contributed by atoms with Crippen LogP contribution in [0.4, 0.5) is 42.8 Å². The average molecular weight is 574 g/mol. The van der Waals surface area contributed by atoms with Crippen LogP contribution in [-0.4, -0.2) is 74.9 Å². The topological polar surface area (TPSA) is 103 Å². The first-order valence-electron chi connectivity index (χ1n) is 11.4. The Morgan fingerprint density at radius 3 is 2.28 bits per heavy atom. The van der Waals surface area contributed by atoms with Crippen molar-refractivity contribution in [2.24, 2.45) is 0 Å². The smallest absolute Gasteiger partial charge is 0.336 e. The van der Waals surface area contributed by atoms with Gasteiger partial charge in [-0.3, -0.25) is 19.5 Å². The van der Waals surface area contributed by atoms with Gasteiger partial charge >= 0.3 is 12.4 Å². The Labute approximate surface area is 222 Å². The molecule has 0 unspecified atom stereocenters. The maximum Gasteiger partial charge on any atom is 0.434 e. The number of benzene rings is 1. The van der Waals surface area contributed by atoms with Crippen LogP contribution in [0, 0.1) is 6.92 Å². The Kier molecular flexibility index (Phi) is 8.06. The van der Waals surface area contributed by atoms with Crippen molar-refractivity contribution < 1.29 is 35.9 Å². The molecule has 1 aliphatic rings. The van der Waals surface area contributed by atoms with Crippen molar-refractivity contribution >= 4 is 39.9 Å². The molecule has 3 heterocycles. The summed E-state index contributed by atoms with van der Waals surface area (Å²) < 4.78 is 80.7. The zero-order valence-electron chi connectivity index (χ0n) is 20.2. The van der Waals surface area contributed by atoms with Gasteiger partial charge in [0.1, 0.15) is 10.8 Å². The first-order chi connectivity index (χ1) is 18.3. The van der Waals surface area contributed by atoms with Crippen LogP contribution in [0.1, 0.15) is 32.1 Å². The van der Waals surface area contributed by atoms with E-state index in [1.54, 1.807) is 6.92 Å². The van der Waals surface area contributed by atoms with Crippen LogP contribution in [-0.2, 0) is 6.18 Å². The van der Waals surface area contributed by atoms with Crippen molar-refractivity contribution in [3.05, 3.63) is 59.2 Å². The van der Waals surface area contributed by atoms with Crippen molar-refractivity contribution in [3.63, 3.8) is 0 Å². The van der Waals surface area contributed by atoms with E-state index in [0.717, 1.165) is 17.7 Å². The van der Waals surface area contributed by atoms with Gasteiger partial charge in [0.25, 0.3) is 11.8 Å². The second-order valence-electron chi connectivity index (χ2n) is 8.60. The second-order valence-corrected chi connectivity index (χ2v) is 9.37. The average Bonchev–Trinajstić information content (AvgIpc) is 3.23. The highest BCUT2D eigenvalue weighted by atomic mass is 32.1. The molecule has 0 atom stereocenters. The van der Waals surface area contributed by atoms with Crippen molar-refractivity contribution in [2.45, 2.75) is 19.3 Å². The van der Waals surface area contributed by atoms with Crippen molar-refractivity contribution in [1.82, 2.24) is 24.1 Å². The molecule has 0 spiro atoms. The number of hydrogen-bond acceptors (Lipinski definition) is 8. The molecule has 2 amide bonds. The van der Waals surface area contributed by atoms with E-state index in [2.05, 4.69) is 25.0 Å². The number of aromatic nitrogens is 3. The number of carbonyl (C=O) groups excluding carboxylic acids is 2. The molecule has 3 aromatic rings. The van der Waals surface area contributed by atoms with E-state index < -0.39 is 30.5 Å². The molecule has 1 aliphatic heterocycles. The van der Waals surface area contributed by atoms with E-state index >= 15 is 0 Å². The molecule has 2 N–H and O–H groups in total. The predicted molar refractivity (Wildman–Crippen MR) is 130 cm³/mol. The lowest BCUT2D eigenvalue weighted by Gasteiger charge is -2.35. The number of halogens is 6. The number of alkyl halides is 6. The molecule has 4 rings (SSSR count). The maximum absolute atomic E-state index is 13.0. The summed E-state index contributed by atoms with van der Waals surface area (Å²) in [5.74, 6) is -1.15. The molecule has 0 saturated carbocycles. The number of amides is 2. The zero-order valence-corrected chi connectivity index (χ0v) is 21.0. The third kappa shape index (κ3) is 7.20. The normalized spacial score (nSPS) is 14.8. The molecule has 9 nitrogen and oxygen atoms in total. The largest absolute Gasteiger partial charge is 0.434 e. The number of nitrogens with one attached hydrogen (secondary N) is 2. The Bertz CT molecular complexity index is 1340. The van der Waals surface area contributed by atoms with Crippen LogP contribution in [0.15, 0.2) is 36.7 Å². The predicted octanol–water partition coefficient (Wildman–Crippen LogP) is 4.58. The molecular weight excluding hydrogens is 552 g/mol. The Morgan fingerprint density at radius 1 is 1.00 bits per heavy atom. The minimum atomic E-state index is -4.69. The minimum absolute atomic E-state index is 0.0936. The number of anilines is 3. The maximum atomic E-state index is 13.0. The summed E-state index contributed by atoms with van der Waals surface area (Å²) in [5.41, 5.74) is -0.136. The number of aryl methyl sites for hydroxylation is 1. The zero-order chi connectivity index (χ0) is 28.4. The molecule has 2 aromatic heterocycles. The molecule has 208 valence electrons. The quantitative estimate of drug-likeness (QED) is 0.417. The van der Waals surface area contributed by atoms with Gasteiger partial charge in [0.15, 0.2) is 5.69 Å². The van der Waals surface area contributed by atoms with Gasteiger partial charge < -0.3 is 15.5 Å². The van der Waals surface area contributed by atoms with Gasteiger partial charge in [-0.2, -0.15) is 30.7 Å². The molecular formula is C23H21F6N7O2S. The van der Waals surface area contributed by atoms with Crippen LogP contribution < -0.4 is 10.6 Å². The molecule has 39 heavy (non-hydrogen) atoms. The molecule has 1 saturated heterocycles. The van der Waals surface area contributed by atoms with Crippen LogP contribution in [0.3, 0.4) is 0 Å². The second kappa shape index (κ2) is 11.1. The first-order valence-corrected chi connectivity index (χ1v) is 12.2. The molecule has 1 aromatic carbocycles. The van der Waals surface area contributed by atoms with Gasteiger partial charge in [-0.05, 0) is 42.7 Å². The van der Waals surface area contributed by atoms with E-state index in [0.29, 0.717) is 23.1 Å². The van der Waals surface area contributed by atoms with Gasteiger partial charge in [0.05, 0.1) is 30.2 Å². The van der Waals surface area contributed by atoms with Crippen molar-refractivity contribution in [1.29, 1.82) is 0 Å². The molecule has 1 fully saturated rings. The molecule has 0 aliphatic carbocycles. The van der Waals surface area contributed by atoms with E-state index in [-0.39, 0.29) is 48.5 Å². The summed E-state index contributed by atoms with van der Waals surface area (Å²) in [6.07, 6.45) is -7.33. The molecule has 0 radical (unpaired) electrons. The SMILES string of the molecule is Cc1nsc(Nc2cncc(C(F)(F)F)n2)c1C(=O)Nc1ccc(C(=O)N2CCN(CC(F)(F)F)CC2)cc1. The third-order valence-electron chi connectivity index (χ3n) is 5.71. The summed E-state index contributed by atoms with van der Waals surface area (Å²) in [6.45, 7) is 1.07. The van der Waals surface area contributed by atoms with Gasteiger partial charge in [-0.25, -0.2) is 4.98 Å². The number of piperazine rings is 1. The highest BCUT2D eigenvalue weighted by Gasteiger charge is 2.34. The Morgan fingerprint density at radius 2 is 1.67 bits per heavy atom. The first kappa shape index (κ1) is 28.2. The van der Waals surface area contributed by atoms with Gasteiger partial charge in [-0.15, -0.1) is 0 Å². The molecule has 0 bridgehead atoms. The fourth-order valence-electron chi connectivity index (χ4n) is 3.84. The highest BCUT2D eigenvalue weighted by Crippen LogP contribution is 2.31. The third-order valence-corrected chi connectivity index (χ3v) is 6.56. The Hall–Kier alpha value is -3.79. The summed E-state index contributed by atoms with van der Waals surface area (Å²) >= 11 is 0.861. The van der Waals surface area contributed by atoms with E-state index in [1.807, 2.05) is 0 Å².